The smallest absolute Gasteiger partial charge is 0.191 e. The lowest BCUT2D eigenvalue weighted by Crippen LogP contribution is -2.48. The van der Waals surface area contributed by atoms with Gasteiger partial charge >= 0.3 is 0 Å². The van der Waals surface area contributed by atoms with Crippen LogP contribution in [0, 0.1) is 0 Å². The molecule has 1 unspecified atom stereocenters. The van der Waals surface area contributed by atoms with E-state index in [1.165, 1.54) is 24.9 Å². The molecule has 0 amide bonds. The number of ether oxygens (including phenoxy) is 1. The molecule has 1 saturated heterocycles. The molecular weight excluding hydrogens is 312 g/mol. The third-order valence-electron chi connectivity index (χ3n) is 5.06. The first-order chi connectivity index (χ1) is 12.1. The molecule has 2 rings (SSSR count). The molecule has 1 heterocycles. The van der Waals surface area contributed by atoms with Crippen molar-refractivity contribution < 1.29 is 4.74 Å². The molecular formula is C20H34N4O. The van der Waals surface area contributed by atoms with Crippen LogP contribution in [0.5, 0.6) is 0 Å². The van der Waals surface area contributed by atoms with Gasteiger partial charge in [0.15, 0.2) is 5.96 Å². The Morgan fingerprint density at radius 3 is 2.72 bits per heavy atom. The molecule has 1 aliphatic heterocycles. The van der Waals surface area contributed by atoms with Crippen LogP contribution in [-0.4, -0.2) is 63.8 Å². The van der Waals surface area contributed by atoms with Gasteiger partial charge in [0.2, 0.25) is 0 Å². The maximum absolute atomic E-state index is 5.22. The highest BCUT2D eigenvalue weighted by atomic mass is 16.5. The van der Waals surface area contributed by atoms with Crippen molar-refractivity contribution in [3.8, 4) is 0 Å². The largest absolute Gasteiger partial charge is 0.383 e. The van der Waals surface area contributed by atoms with Gasteiger partial charge in [0.25, 0.3) is 0 Å². The Hall–Kier alpha value is -1.59. The second kappa shape index (κ2) is 9.78. The molecule has 0 saturated carbocycles. The van der Waals surface area contributed by atoms with Crippen LogP contribution in [0.4, 0.5) is 0 Å². The monoisotopic (exact) mass is 346 g/mol. The van der Waals surface area contributed by atoms with Crippen molar-refractivity contribution in [2.24, 2.45) is 4.99 Å². The molecule has 1 atom stereocenters. The Morgan fingerprint density at radius 1 is 1.28 bits per heavy atom. The van der Waals surface area contributed by atoms with Crippen molar-refractivity contribution in [3.63, 3.8) is 0 Å². The Morgan fingerprint density at radius 2 is 2.04 bits per heavy atom. The average Bonchev–Trinajstić information content (AvgIpc) is 3.08. The molecule has 1 aliphatic rings. The third-order valence-corrected chi connectivity index (χ3v) is 5.06. The molecule has 140 valence electrons. The summed E-state index contributed by atoms with van der Waals surface area (Å²) in [5.74, 6) is 0.877. The van der Waals surface area contributed by atoms with E-state index < -0.39 is 0 Å². The topological polar surface area (TPSA) is 48.9 Å². The second-order valence-corrected chi connectivity index (χ2v) is 7.38. The Labute approximate surface area is 152 Å². The van der Waals surface area contributed by atoms with E-state index in [9.17, 15) is 0 Å². The van der Waals surface area contributed by atoms with Crippen molar-refractivity contribution in [2.75, 3.05) is 46.9 Å². The number of aliphatic imine (C=N–C) groups is 1. The summed E-state index contributed by atoms with van der Waals surface area (Å²) >= 11 is 0. The van der Waals surface area contributed by atoms with Crippen LogP contribution in [0.25, 0.3) is 0 Å². The first kappa shape index (κ1) is 19.7. The van der Waals surface area contributed by atoms with E-state index in [1.54, 1.807) is 7.11 Å². The van der Waals surface area contributed by atoms with Gasteiger partial charge < -0.3 is 15.4 Å². The zero-order chi connectivity index (χ0) is 18.1. The van der Waals surface area contributed by atoms with Crippen LogP contribution in [0.2, 0.25) is 0 Å². The Balaban J connectivity index is 1.81. The standard InChI is InChI=1S/C20H34N4O/c1-20(2,17-9-6-5-7-10-17)16-23-19(21-3)22-15-18-11-8-12-24(18)13-14-25-4/h5-7,9-10,18H,8,11-16H2,1-4H3,(H2,21,22,23). The number of nitrogens with zero attached hydrogens (tertiary/aromatic N) is 2. The van der Waals surface area contributed by atoms with Gasteiger partial charge in [-0.1, -0.05) is 44.2 Å². The van der Waals surface area contributed by atoms with Crippen LogP contribution in [-0.2, 0) is 10.2 Å². The van der Waals surface area contributed by atoms with Crippen molar-refractivity contribution in [1.82, 2.24) is 15.5 Å². The quantitative estimate of drug-likeness (QED) is 0.560. The number of hydrogen-bond acceptors (Lipinski definition) is 3. The molecule has 0 aromatic heterocycles. The van der Waals surface area contributed by atoms with Crippen molar-refractivity contribution in [2.45, 2.75) is 38.1 Å². The van der Waals surface area contributed by atoms with Gasteiger partial charge in [0.1, 0.15) is 0 Å². The van der Waals surface area contributed by atoms with Gasteiger partial charge in [-0.05, 0) is 24.9 Å². The lowest BCUT2D eigenvalue weighted by Gasteiger charge is -2.28. The van der Waals surface area contributed by atoms with Gasteiger partial charge in [-0.3, -0.25) is 9.89 Å². The summed E-state index contributed by atoms with van der Waals surface area (Å²) in [6.45, 7) is 9.26. The highest BCUT2D eigenvalue weighted by molar-refractivity contribution is 5.79. The van der Waals surface area contributed by atoms with Gasteiger partial charge in [0, 0.05) is 45.2 Å². The SMILES string of the molecule is CN=C(NCC1CCCN1CCOC)NCC(C)(C)c1ccccc1. The summed E-state index contributed by atoms with van der Waals surface area (Å²) in [4.78, 5) is 6.90. The van der Waals surface area contributed by atoms with Crippen molar-refractivity contribution in [3.05, 3.63) is 35.9 Å². The number of guanidine groups is 1. The molecule has 2 N–H and O–H groups in total. The number of benzene rings is 1. The van der Waals surface area contributed by atoms with E-state index in [2.05, 4.69) is 64.7 Å². The summed E-state index contributed by atoms with van der Waals surface area (Å²) in [7, 11) is 3.60. The molecule has 5 heteroatoms. The summed E-state index contributed by atoms with van der Waals surface area (Å²) in [6, 6.07) is 11.2. The molecule has 1 aromatic carbocycles. The van der Waals surface area contributed by atoms with Gasteiger partial charge in [-0.15, -0.1) is 0 Å². The number of methoxy groups -OCH3 is 1. The molecule has 0 aliphatic carbocycles. The van der Waals surface area contributed by atoms with E-state index in [0.29, 0.717) is 6.04 Å². The maximum Gasteiger partial charge on any atom is 0.191 e. The summed E-state index contributed by atoms with van der Waals surface area (Å²) < 4.78 is 5.22. The highest BCUT2D eigenvalue weighted by Crippen LogP contribution is 2.21. The van der Waals surface area contributed by atoms with Crippen molar-refractivity contribution >= 4 is 5.96 Å². The van der Waals surface area contributed by atoms with Crippen LogP contribution in [0.15, 0.2) is 35.3 Å². The lowest BCUT2D eigenvalue weighted by molar-refractivity contribution is 0.141. The maximum atomic E-state index is 5.22. The molecule has 1 aromatic rings. The van der Waals surface area contributed by atoms with E-state index in [-0.39, 0.29) is 5.41 Å². The average molecular weight is 347 g/mol. The number of rotatable bonds is 8. The predicted molar refractivity (Wildman–Crippen MR) is 105 cm³/mol. The summed E-state index contributed by atoms with van der Waals surface area (Å²) in [5.41, 5.74) is 1.39. The first-order valence-corrected chi connectivity index (χ1v) is 9.30. The van der Waals surface area contributed by atoms with Crippen molar-refractivity contribution in [1.29, 1.82) is 0 Å². The van der Waals surface area contributed by atoms with E-state index in [4.69, 9.17) is 4.74 Å². The number of likely N-dealkylation sites (tertiary alicyclic amines) is 1. The van der Waals surface area contributed by atoms with E-state index >= 15 is 0 Å². The molecule has 0 bridgehead atoms. The fourth-order valence-electron chi connectivity index (χ4n) is 3.36. The minimum absolute atomic E-state index is 0.0523. The lowest BCUT2D eigenvalue weighted by atomic mass is 9.85. The Kier molecular flexibility index (Phi) is 7.72. The molecule has 0 spiro atoms. The predicted octanol–water partition coefficient (Wildman–Crippen LogP) is 2.24. The second-order valence-electron chi connectivity index (χ2n) is 7.38. The minimum atomic E-state index is 0.0523. The van der Waals surface area contributed by atoms with Crippen LogP contribution in [0.3, 0.4) is 0 Å². The minimum Gasteiger partial charge on any atom is -0.383 e. The molecule has 1 fully saturated rings. The van der Waals surface area contributed by atoms with Crippen LogP contribution < -0.4 is 10.6 Å². The van der Waals surface area contributed by atoms with Gasteiger partial charge in [-0.2, -0.15) is 0 Å². The number of hydrogen-bond donors (Lipinski definition) is 2. The van der Waals surface area contributed by atoms with E-state index in [0.717, 1.165) is 32.2 Å². The fraction of sp³-hybridized carbons (Fsp3) is 0.650. The van der Waals surface area contributed by atoms with Crippen LogP contribution >= 0.6 is 0 Å². The highest BCUT2D eigenvalue weighted by Gasteiger charge is 2.24. The first-order valence-electron chi connectivity index (χ1n) is 9.30. The zero-order valence-corrected chi connectivity index (χ0v) is 16.2. The number of nitrogens with one attached hydrogen (secondary N) is 2. The summed E-state index contributed by atoms with van der Waals surface area (Å²) in [6.07, 6.45) is 2.51. The van der Waals surface area contributed by atoms with Gasteiger partial charge in [-0.25, -0.2) is 0 Å². The molecule has 25 heavy (non-hydrogen) atoms. The van der Waals surface area contributed by atoms with Gasteiger partial charge in [0.05, 0.1) is 6.61 Å². The third kappa shape index (κ3) is 6.01. The normalized spacial score (nSPS) is 19.2. The fourth-order valence-corrected chi connectivity index (χ4v) is 3.36. The molecule has 0 radical (unpaired) electrons. The Bertz CT molecular complexity index is 530. The van der Waals surface area contributed by atoms with E-state index in [1.807, 2.05) is 7.05 Å². The molecule has 5 nitrogen and oxygen atoms in total. The summed E-state index contributed by atoms with van der Waals surface area (Å²) in [5, 5.41) is 6.98. The zero-order valence-electron chi connectivity index (χ0n) is 16.2. The van der Waals surface area contributed by atoms with Crippen LogP contribution in [0.1, 0.15) is 32.3 Å².